The SMILES string of the molecule is C[C@H]1CN(c2ccc(Nc3ncc4ccn(S(=O)(=O)c5cccc6cccnc56)c4n3)cc2)CCN1. The highest BCUT2D eigenvalue weighted by Gasteiger charge is 2.23. The Morgan fingerprint density at radius 2 is 1.83 bits per heavy atom. The number of para-hydroxylation sites is 1. The van der Waals surface area contributed by atoms with Crippen molar-refractivity contribution in [2.45, 2.75) is 17.9 Å². The lowest BCUT2D eigenvalue weighted by molar-refractivity contribution is 0.485. The third-order valence-corrected chi connectivity index (χ3v) is 8.08. The number of fused-ring (bicyclic) bond motifs is 2. The molecule has 182 valence electrons. The van der Waals surface area contributed by atoms with Crippen LogP contribution in [0.3, 0.4) is 0 Å². The number of pyridine rings is 1. The van der Waals surface area contributed by atoms with Crippen molar-refractivity contribution in [3.05, 3.63) is 79.3 Å². The van der Waals surface area contributed by atoms with Crippen LogP contribution >= 0.6 is 0 Å². The first-order valence-electron chi connectivity index (χ1n) is 11.8. The predicted molar refractivity (Wildman–Crippen MR) is 141 cm³/mol. The van der Waals surface area contributed by atoms with Crippen molar-refractivity contribution in [3.8, 4) is 0 Å². The van der Waals surface area contributed by atoms with Crippen molar-refractivity contribution < 1.29 is 8.42 Å². The van der Waals surface area contributed by atoms with Gasteiger partial charge in [0.05, 0.1) is 5.52 Å². The van der Waals surface area contributed by atoms with Crippen LogP contribution in [0.1, 0.15) is 6.92 Å². The summed E-state index contributed by atoms with van der Waals surface area (Å²) in [5.74, 6) is 0.317. The molecule has 2 N–H and O–H groups in total. The van der Waals surface area contributed by atoms with Gasteiger partial charge < -0.3 is 15.5 Å². The van der Waals surface area contributed by atoms with Crippen molar-refractivity contribution in [2.75, 3.05) is 29.9 Å². The van der Waals surface area contributed by atoms with Gasteiger partial charge in [-0.05, 0) is 49.4 Å². The van der Waals surface area contributed by atoms with Crippen LogP contribution in [-0.2, 0) is 10.0 Å². The number of hydrogen-bond donors (Lipinski definition) is 2. The van der Waals surface area contributed by atoms with E-state index >= 15 is 0 Å². The molecule has 1 aliphatic heterocycles. The standard InChI is InChI=1S/C26H25N7O2S/c1-18-17-32(15-13-27-18)22-9-7-21(8-10-22)30-26-29-16-20-11-14-33(25(20)31-26)36(34,35)23-6-2-4-19-5-3-12-28-24(19)23/h2-12,14,16,18,27H,13,15,17H2,1H3,(H,29,30,31)/t18-/m0/s1. The zero-order chi connectivity index (χ0) is 24.7. The summed E-state index contributed by atoms with van der Waals surface area (Å²) < 4.78 is 28.5. The molecule has 1 aliphatic rings. The van der Waals surface area contributed by atoms with Crippen LogP contribution in [0, 0.1) is 0 Å². The molecule has 1 fully saturated rings. The van der Waals surface area contributed by atoms with Gasteiger partial charge in [-0.2, -0.15) is 4.98 Å². The summed E-state index contributed by atoms with van der Waals surface area (Å²) in [5.41, 5.74) is 2.70. The molecule has 4 heterocycles. The maximum Gasteiger partial charge on any atom is 0.271 e. The Morgan fingerprint density at radius 3 is 2.67 bits per heavy atom. The Balaban J connectivity index is 1.31. The molecule has 3 aromatic heterocycles. The van der Waals surface area contributed by atoms with Gasteiger partial charge in [0.2, 0.25) is 5.95 Å². The van der Waals surface area contributed by atoms with Crippen molar-refractivity contribution in [1.82, 2.24) is 24.2 Å². The number of nitrogens with one attached hydrogen (secondary N) is 2. The van der Waals surface area contributed by atoms with Crippen LogP contribution < -0.4 is 15.5 Å². The quantitative estimate of drug-likeness (QED) is 0.377. The van der Waals surface area contributed by atoms with E-state index in [9.17, 15) is 8.42 Å². The first-order valence-corrected chi connectivity index (χ1v) is 13.2. The molecule has 1 saturated heterocycles. The molecule has 0 radical (unpaired) electrons. The molecule has 1 atom stereocenters. The van der Waals surface area contributed by atoms with Gasteiger partial charge in [0.1, 0.15) is 4.90 Å². The van der Waals surface area contributed by atoms with Gasteiger partial charge in [0.25, 0.3) is 10.0 Å². The number of anilines is 3. The van der Waals surface area contributed by atoms with E-state index in [4.69, 9.17) is 0 Å². The largest absolute Gasteiger partial charge is 0.369 e. The van der Waals surface area contributed by atoms with Crippen LogP contribution in [0.2, 0.25) is 0 Å². The summed E-state index contributed by atoms with van der Waals surface area (Å²) in [4.78, 5) is 15.7. The Morgan fingerprint density at radius 1 is 1.00 bits per heavy atom. The number of nitrogens with zero attached hydrogens (tertiary/aromatic N) is 5. The number of piperazine rings is 1. The Hall–Kier alpha value is -4.02. The van der Waals surface area contributed by atoms with Gasteiger partial charge in [0.15, 0.2) is 5.65 Å². The Labute approximate surface area is 208 Å². The Bertz CT molecular complexity index is 1660. The van der Waals surface area contributed by atoms with Crippen LogP contribution in [0.5, 0.6) is 0 Å². The molecule has 2 aromatic carbocycles. The van der Waals surface area contributed by atoms with Gasteiger partial charge in [-0.1, -0.05) is 18.2 Å². The zero-order valence-corrected chi connectivity index (χ0v) is 20.5. The summed E-state index contributed by atoms with van der Waals surface area (Å²) in [7, 11) is -3.94. The molecule has 36 heavy (non-hydrogen) atoms. The van der Waals surface area contributed by atoms with Gasteiger partial charge in [-0.3, -0.25) is 4.98 Å². The number of benzene rings is 2. The molecular formula is C26H25N7O2S. The van der Waals surface area contributed by atoms with E-state index in [-0.39, 0.29) is 4.90 Å². The third kappa shape index (κ3) is 4.04. The highest BCUT2D eigenvalue weighted by atomic mass is 32.2. The molecular weight excluding hydrogens is 474 g/mol. The summed E-state index contributed by atoms with van der Waals surface area (Å²) >= 11 is 0. The van der Waals surface area contributed by atoms with E-state index in [2.05, 4.69) is 49.5 Å². The summed E-state index contributed by atoms with van der Waals surface area (Å²) in [6.07, 6.45) is 4.71. The average molecular weight is 500 g/mol. The molecule has 5 aromatic rings. The molecule has 0 bridgehead atoms. The second-order valence-corrected chi connectivity index (χ2v) is 10.7. The Kier molecular flexibility index (Phi) is 5.54. The lowest BCUT2D eigenvalue weighted by Gasteiger charge is -2.33. The minimum absolute atomic E-state index is 0.129. The van der Waals surface area contributed by atoms with E-state index in [0.717, 1.165) is 36.4 Å². The number of aromatic nitrogens is 4. The van der Waals surface area contributed by atoms with Crippen LogP contribution in [0.25, 0.3) is 21.9 Å². The third-order valence-electron chi connectivity index (χ3n) is 6.38. The number of rotatable bonds is 5. The molecule has 10 heteroatoms. The summed E-state index contributed by atoms with van der Waals surface area (Å²) in [6, 6.07) is 19.0. The number of hydrogen-bond acceptors (Lipinski definition) is 8. The normalized spacial score (nSPS) is 16.5. The van der Waals surface area contributed by atoms with Crippen molar-refractivity contribution in [1.29, 1.82) is 0 Å². The van der Waals surface area contributed by atoms with E-state index in [1.165, 1.54) is 10.2 Å². The first kappa shape index (κ1) is 22.4. The lowest BCUT2D eigenvalue weighted by atomic mass is 10.2. The van der Waals surface area contributed by atoms with Crippen LogP contribution in [-0.4, -0.2) is 53.0 Å². The molecule has 6 rings (SSSR count). The van der Waals surface area contributed by atoms with E-state index in [1.807, 2.05) is 24.3 Å². The minimum atomic E-state index is -3.94. The first-order chi connectivity index (χ1) is 17.5. The molecule has 9 nitrogen and oxygen atoms in total. The second-order valence-electron chi connectivity index (χ2n) is 8.89. The molecule has 0 unspecified atom stereocenters. The fraction of sp³-hybridized carbons (Fsp3) is 0.192. The fourth-order valence-corrected chi connectivity index (χ4v) is 6.06. The van der Waals surface area contributed by atoms with E-state index < -0.39 is 10.0 Å². The van der Waals surface area contributed by atoms with Gasteiger partial charge in [-0.15, -0.1) is 0 Å². The van der Waals surface area contributed by atoms with Gasteiger partial charge in [-0.25, -0.2) is 17.4 Å². The second kappa shape index (κ2) is 8.89. The highest BCUT2D eigenvalue weighted by Crippen LogP contribution is 2.27. The van der Waals surface area contributed by atoms with Crippen LogP contribution in [0.15, 0.2) is 84.1 Å². The van der Waals surface area contributed by atoms with Crippen molar-refractivity contribution in [3.63, 3.8) is 0 Å². The summed E-state index contributed by atoms with van der Waals surface area (Å²) in [5, 5.41) is 8.03. The van der Waals surface area contributed by atoms with Crippen LogP contribution in [0.4, 0.5) is 17.3 Å². The smallest absolute Gasteiger partial charge is 0.271 e. The molecule has 0 saturated carbocycles. The lowest BCUT2D eigenvalue weighted by Crippen LogP contribution is -2.49. The van der Waals surface area contributed by atoms with E-state index in [0.29, 0.717) is 28.5 Å². The van der Waals surface area contributed by atoms with Crippen molar-refractivity contribution >= 4 is 49.3 Å². The maximum atomic E-state index is 13.6. The van der Waals surface area contributed by atoms with Crippen molar-refractivity contribution in [2.24, 2.45) is 0 Å². The fourth-order valence-electron chi connectivity index (χ4n) is 4.59. The monoisotopic (exact) mass is 499 g/mol. The molecule has 0 amide bonds. The topological polar surface area (TPSA) is 105 Å². The van der Waals surface area contributed by atoms with Gasteiger partial charge >= 0.3 is 0 Å². The van der Waals surface area contributed by atoms with E-state index in [1.54, 1.807) is 36.7 Å². The molecule has 0 aliphatic carbocycles. The highest BCUT2D eigenvalue weighted by molar-refractivity contribution is 7.90. The summed E-state index contributed by atoms with van der Waals surface area (Å²) in [6.45, 7) is 5.08. The van der Waals surface area contributed by atoms with Gasteiger partial charge in [0, 0.05) is 66.4 Å². The minimum Gasteiger partial charge on any atom is -0.369 e. The molecule has 0 spiro atoms. The maximum absolute atomic E-state index is 13.6. The average Bonchev–Trinajstić information content (AvgIpc) is 3.33. The predicted octanol–water partition coefficient (Wildman–Crippen LogP) is 3.76. The zero-order valence-electron chi connectivity index (χ0n) is 19.7.